The molecule has 30 heavy (non-hydrogen) atoms. The van der Waals surface area contributed by atoms with Gasteiger partial charge in [0.25, 0.3) is 5.91 Å². The number of nitrogens with one attached hydrogen (secondary N) is 1. The van der Waals surface area contributed by atoms with Crippen LogP contribution in [0, 0.1) is 0 Å². The first-order chi connectivity index (χ1) is 14.4. The van der Waals surface area contributed by atoms with Gasteiger partial charge in [-0.15, -0.1) is 11.3 Å². The Kier molecular flexibility index (Phi) is 7.49. The average Bonchev–Trinajstić information content (AvgIpc) is 3.27. The van der Waals surface area contributed by atoms with Crippen molar-refractivity contribution in [1.29, 1.82) is 0 Å². The van der Waals surface area contributed by atoms with Gasteiger partial charge in [-0.05, 0) is 46.1 Å². The molecule has 2 aromatic heterocycles. The lowest BCUT2D eigenvalue weighted by atomic mass is 10.2. The number of fused-ring (bicyclic) bond motifs is 1. The minimum absolute atomic E-state index is 0.251. The van der Waals surface area contributed by atoms with Gasteiger partial charge in [0.05, 0.1) is 17.3 Å². The second kappa shape index (κ2) is 10.1. The van der Waals surface area contributed by atoms with Gasteiger partial charge in [-0.1, -0.05) is 29.8 Å². The second-order valence-electron chi connectivity index (χ2n) is 6.94. The number of aryl methyl sites for hydroxylation is 1. The maximum Gasteiger partial charge on any atom is 0.389 e. The molecule has 7 nitrogen and oxygen atoms in total. The molecule has 3 aromatic rings. The van der Waals surface area contributed by atoms with Crippen LogP contribution in [0.1, 0.15) is 33.5 Å². The Morgan fingerprint density at radius 3 is 2.73 bits per heavy atom. The zero-order valence-electron chi connectivity index (χ0n) is 17.1. The quantitative estimate of drug-likeness (QED) is 0.379. The normalized spacial score (nSPS) is 11.2. The molecule has 1 aromatic carbocycles. The van der Waals surface area contributed by atoms with Crippen LogP contribution >= 0.6 is 22.9 Å². The number of benzene rings is 1. The highest BCUT2D eigenvalue weighted by molar-refractivity contribution is 7.21. The summed E-state index contributed by atoms with van der Waals surface area (Å²) in [5.74, 6) is -0.932. The predicted molar refractivity (Wildman–Crippen MR) is 119 cm³/mol. The van der Waals surface area contributed by atoms with Crippen molar-refractivity contribution in [3.63, 3.8) is 0 Å². The first kappa shape index (κ1) is 22.3. The molecule has 0 unspecified atom stereocenters. The van der Waals surface area contributed by atoms with E-state index in [1.807, 2.05) is 38.4 Å². The summed E-state index contributed by atoms with van der Waals surface area (Å²) in [5.41, 5.74) is 0.793. The Morgan fingerprint density at radius 1 is 1.27 bits per heavy atom. The topological polar surface area (TPSA) is 72.8 Å². The number of hydrogen-bond acceptors (Lipinski definition) is 6. The Balaban J connectivity index is 1.81. The Labute approximate surface area is 184 Å². The van der Waals surface area contributed by atoms with E-state index in [2.05, 4.69) is 10.2 Å². The van der Waals surface area contributed by atoms with Crippen molar-refractivity contribution in [2.75, 3.05) is 32.6 Å². The number of hydrogen-bond donors (Lipinski definition) is 1. The van der Waals surface area contributed by atoms with Crippen LogP contribution in [-0.2, 0) is 16.3 Å². The molecule has 0 aliphatic carbocycles. The highest BCUT2D eigenvalue weighted by atomic mass is 35.5. The van der Waals surface area contributed by atoms with E-state index in [1.165, 1.54) is 11.3 Å². The highest BCUT2D eigenvalue weighted by Gasteiger charge is 2.20. The molecule has 0 saturated carbocycles. The van der Waals surface area contributed by atoms with Gasteiger partial charge in [0, 0.05) is 22.8 Å². The van der Waals surface area contributed by atoms with E-state index < -0.39 is 5.97 Å². The van der Waals surface area contributed by atoms with E-state index in [4.69, 9.17) is 21.4 Å². The summed E-state index contributed by atoms with van der Waals surface area (Å²) in [7, 11) is 3.97. The third kappa shape index (κ3) is 5.20. The van der Waals surface area contributed by atoms with E-state index >= 15 is 0 Å². The molecule has 0 aliphatic rings. The molecular weight excluding hydrogens is 426 g/mol. The van der Waals surface area contributed by atoms with Crippen molar-refractivity contribution < 1.29 is 19.4 Å². The maximum absolute atomic E-state index is 12.8. The van der Waals surface area contributed by atoms with Crippen LogP contribution < -0.4 is 5.32 Å². The predicted octanol–water partition coefficient (Wildman–Crippen LogP) is 4.67. The number of carbonyl (C=O) groups is 2. The van der Waals surface area contributed by atoms with Crippen molar-refractivity contribution >= 4 is 50.6 Å². The molecule has 3 rings (SSSR count). The van der Waals surface area contributed by atoms with E-state index in [0.29, 0.717) is 27.8 Å². The standard InChI is InChI=1S/C21H24ClN3O4S/c1-4-28-29-21(27)16-12-14(13-25(16)11-7-10-24(2)3)23-20(26)19-18(22)15-8-5-6-9-17(15)30-19/h5-6,8-9,12-13H,4,7,10-11H2,1-3H3,(H,23,26). The largest absolute Gasteiger partial charge is 0.389 e. The van der Waals surface area contributed by atoms with Crippen molar-refractivity contribution in [3.8, 4) is 0 Å². The fraction of sp³-hybridized carbons (Fsp3) is 0.333. The van der Waals surface area contributed by atoms with Crippen LogP contribution in [0.2, 0.25) is 5.02 Å². The van der Waals surface area contributed by atoms with Crippen molar-refractivity contribution in [3.05, 3.63) is 52.1 Å². The van der Waals surface area contributed by atoms with Crippen LogP contribution in [0.15, 0.2) is 36.5 Å². The molecule has 1 amide bonds. The summed E-state index contributed by atoms with van der Waals surface area (Å²) in [6.45, 7) is 3.43. The van der Waals surface area contributed by atoms with Gasteiger partial charge in [0.15, 0.2) is 0 Å². The molecule has 0 bridgehead atoms. The summed E-state index contributed by atoms with van der Waals surface area (Å²) >= 11 is 7.74. The minimum Gasteiger partial charge on any atom is -0.340 e. The van der Waals surface area contributed by atoms with E-state index in [-0.39, 0.29) is 12.5 Å². The summed E-state index contributed by atoms with van der Waals surface area (Å²) in [5, 5.41) is 4.11. The van der Waals surface area contributed by atoms with Crippen LogP contribution in [0.25, 0.3) is 10.1 Å². The van der Waals surface area contributed by atoms with E-state index in [9.17, 15) is 9.59 Å². The van der Waals surface area contributed by atoms with Gasteiger partial charge in [0.1, 0.15) is 10.6 Å². The van der Waals surface area contributed by atoms with Gasteiger partial charge >= 0.3 is 5.97 Å². The lowest BCUT2D eigenvalue weighted by Gasteiger charge is -2.11. The molecule has 9 heteroatoms. The zero-order valence-corrected chi connectivity index (χ0v) is 18.7. The number of thiophene rings is 1. The van der Waals surface area contributed by atoms with Crippen molar-refractivity contribution in [1.82, 2.24) is 9.47 Å². The molecule has 0 fully saturated rings. The number of rotatable bonds is 9. The van der Waals surface area contributed by atoms with Gasteiger partial charge in [-0.3, -0.25) is 9.68 Å². The third-order valence-electron chi connectivity index (χ3n) is 4.36. The Morgan fingerprint density at radius 2 is 2.03 bits per heavy atom. The van der Waals surface area contributed by atoms with Gasteiger partial charge < -0.3 is 14.8 Å². The third-order valence-corrected chi connectivity index (χ3v) is 6.04. The van der Waals surface area contributed by atoms with Gasteiger partial charge in [0.2, 0.25) is 0 Å². The van der Waals surface area contributed by atoms with Gasteiger partial charge in [-0.2, -0.15) is 4.89 Å². The van der Waals surface area contributed by atoms with E-state index in [1.54, 1.807) is 23.8 Å². The Bertz CT molecular complexity index is 1040. The first-order valence-corrected chi connectivity index (χ1v) is 10.8. The van der Waals surface area contributed by atoms with Crippen LogP contribution in [0.5, 0.6) is 0 Å². The molecule has 0 radical (unpaired) electrons. The molecule has 1 N–H and O–H groups in total. The first-order valence-electron chi connectivity index (χ1n) is 9.57. The zero-order chi connectivity index (χ0) is 21.7. The number of nitrogens with zero attached hydrogens (tertiary/aromatic N) is 2. The lowest BCUT2D eigenvalue weighted by molar-refractivity contribution is -0.237. The fourth-order valence-electron chi connectivity index (χ4n) is 2.99. The monoisotopic (exact) mass is 449 g/mol. The summed E-state index contributed by atoms with van der Waals surface area (Å²) in [6, 6.07) is 9.17. The molecule has 0 spiro atoms. The minimum atomic E-state index is -0.609. The molecule has 160 valence electrons. The number of halogens is 1. The van der Waals surface area contributed by atoms with E-state index in [0.717, 1.165) is 23.1 Å². The smallest absolute Gasteiger partial charge is 0.340 e. The molecular formula is C21H24ClN3O4S. The van der Waals surface area contributed by atoms with Crippen molar-refractivity contribution in [2.24, 2.45) is 0 Å². The average molecular weight is 450 g/mol. The molecule has 0 atom stereocenters. The number of aromatic nitrogens is 1. The second-order valence-corrected chi connectivity index (χ2v) is 8.37. The lowest BCUT2D eigenvalue weighted by Crippen LogP contribution is -2.17. The van der Waals surface area contributed by atoms with Crippen LogP contribution in [0.4, 0.5) is 5.69 Å². The SMILES string of the molecule is CCOOC(=O)c1cc(NC(=O)c2sc3ccccc3c2Cl)cn1CCCN(C)C. The van der Waals surface area contributed by atoms with Crippen molar-refractivity contribution in [2.45, 2.75) is 19.9 Å². The summed E-state index contributed by atoms with van der Waals surface area (Å²) in [6.07, 6.45) is 2.55. The van der Waals surface area contributed by atoms with Crippen LogP contribution in [0.3, 0.4) is 0 Å². The Hall–Kier alpha value is -2.39. The number of carbonyl (C=O) groups excluding carboxylic acids is 2. The maximum atomic E-state index is 12.8. The number of amides is 1. The van der Waals surface area contributed by atoms with Crippen LogP contribution in [-0.4, -0.2) is 48.6 Å². The summed E-state index contributed by atoms with van der Waals surface area (Å²) in [4.78, 5) is 37.3. The van der Waals surface area contributed by atoms with Gasteiger partial charge in [-0.25, -0.2) is 4.79 Å². The summed E-state index contributed by atoms with van der Waals surface area (Å²) < 4.78 is 2.70. The molecule has 2 heterocycles. The fourth-order valence-corrected chi connectivity index (χ4v) is 4.41. The number of anilines is 1. The molecule has 0 saturated heterocycles. The highest BCUT2D eigenvalue weighted by Crippen LogP contribution is 2.35. The molecule has 0 aliphatic heterocycles.